The molecule has 0 radical (unpaired) electrons. The molecule has 0 atom stereocenters. The molecule has 0 spiro atoms. The Morgan fingerprint density at radius 2 is 1.41 bits per heavy atom. The minimum Gasteiger partial charge on any atom is -0.322 e. The van der Waals surface area contributed by atoms with Crippen LogP contribution in [0.25, 0.3) is 0 Å². The first-order valence-electron chi connectivity index (χ1n) is 7.85. The number of quaternary nitrogens is 2. The Morgan fingerprint density at radius 3 is 2.00 bits per heavy atom. The highest BCUT2D eigenvalue weighted by atomic mass is 35.5. The molecule has 1 aliphatic heterocycles. The van der Waals surface area contributed by atoms with Crippen LogP contribution in [0.4, 0.5) is 4.39 Å². The maximum absolute atomic E-state index is 12.9. The van der Waals surface area contributed by atoms with E-state index in [0.29, 0.717) is 0 Å². The van der Waals surface area contributed by atoms with E-state index in [0.717, 1.165) is 31.2 Å². The molecule has 0 amide bonds. The van der Waals surface area contributed by atoms with Gasteiger partial charge in [-0.3, -0.25) is 0 Å². The average Bonchev–Trinajstić information content (AvgIpc) is 2.52. The first-order chi connectivity index (χ1) is 10.7. The zero-order chi connectivity index (χ0) is 15.4. The second-order valence-corrected chi connectivity index (χ2v) is 6.55. The van der Waals surface area contributed by atoms with Gasteiger partial charge in [0.25, 0.3) is 0 Å². The highest BCUT2D eigenvalue weighted by molar-refractivity contribution is 6.30. The third-order valence-corrected chi connectivity index (χ3v) is 4.61. The number of piperazine rings is 1. The van der Waals surface area contributed by atoms with Crippen molar-refractivity contribution in [2.75, 3.05) is 26.2 Å². The highest BCUT2D eigenvalue weighted by Gasteiger charge is 2.23. The smallest absolute Gasteiger partial charge is 0.127 e. The maximum atomic E-state index is 12.9. The van der Waals surface area contributed by atoms with Gasteiger partial charge in [0.15, 0.2) is 0 Å². The van der Waals surface area contributed by atoms with E-state index in [1.807, 2.05) is 24.3 Å². The second-order valence-electron chi connectivity index (χ2n) is 6.11. The number of hydrogen-bond donors (Lipinski definition) is 2. The van der Waals surface area contributed by atoms with Gasteiger partial charge in [-0.05, 0) is 24.3 Å². The molecular weight excluding hydrogens is 299 g/mol. The molecule has 1 fully saturated rings. The third-order valence-electron chi connectivity index (χ3n) is 4.37. The zero-order valence-corrected chi connectivity index (χ0v) is 13.4. The SMILES string of the molecule is Fc1ccc(C[NH+]2CC[NH+](Cc3cccc(Cl)c3)CC2)cc1. The molecule has 2 aromatic rings. The molecular formula is C18H22ClFN2+2. The molecule has 1 heterocycles. The Labute approximate surface area is 136 Å². The van der Waals surface area contributed by atoms with Gasteiger partial charge >= 0.3 is 0 Å². The Hall–Kier alpha value is -1.42. The monoisotopic (exact) mass is 320 g/mol. The fraction of sp³-hybridized carbons (Fsp3) is 0.333. The standard InChI is InChI=1S/C18H20ClFN2/c19-17-3-1-2-16(12-17)14-22-10-8-21(9-11-22)13-15-4-6-18(20)7-5-15/h1-7,12H,8-11,13-14H2/p+2. The van der Waals surface area contributed by atoms with Crippen molar-refractivity contribution in [3.63, 3.8) is 0 Å². The summed E-state index contributed by atoms with van der Waals surface area (Å²) in [6.45, 7) is 6.70. The van der Waals surface area contributed by atoms with E-state index in [1.165, 1.54) is 24.2 Å². The van der Waals surface area contributed by atoms with Crippen LogP contribution in [0.5, 0.6) is 0 Å². The van der Waals surface area contributed by atoms with Gasteiger partial charge in [0.05, 0.1) is 0 Å². The first kappa shape index (κ1) is 15.5. The summed E-state index contributed by atoms with van der Waals surface area (Å²) < 4.78 is 12.9. The fourth-order valence-electron chi connectivity index (χ4n) is 3.14. The fourth-order valence-corrected chi connectivity index (χ4v) is 3.35. The van der Waals surface area contributed by atoms with Gasteiger partial charge < -0.3 is 9.80 Å². The topological polar surface area (TPSA) is 8.88 Å². The summed E-state index contributed by atoms with van der Waals surface area (Å²) in [4.78, 5) is 3.20. The number of hydrogen-bond acceptors (Lipinski definition) is 0. The molecule has 2 aromatic carbocycles. The molecule has 116 valence electrons. The predicted molar refractivity (Wildman–Crippen MR) is 86.7 cm³/mol. The summed E-state index contributed by atoms with van der Waals surface area (Å²) in [5.41, 5.74) is 2.53. The largest absolute Gasteiger partial charge is 0.322 e. The average molecular weight is 321 g/mol. The number of rotatable bonds is 4. The summed E-state index contributed by atoms with van der Waals surface area (Å²) in [7, 11) is 0. The Balaban J connectivity index is 1.49. The van der Waals surface area contributed by atoms with Gasteiger partial charge in [-0.15, -0.1) is 0 Å². The van der Waals surface area contributed by atoms with Crippen LogP contribution >= 0.6 is 11.6 Å². The summed E-state index contributed by atoms with van der Waals surface area (Å²) in [5, 5.41) is 0.817. The van der Waals surface area contributed by atoms with E-state index >= 15 is 0 Å². The van der Waals surface area contributed by atoms with Gasteiger partial charge in [-0.1, -0.05) is 35.9 Å². The van der Waals surface area contributed by atoms with Crippen molar-refractivity contribution in [2.45, 2.75) is 13.1 Å². The van der Waals surface area contributed by atoms with Crippen LogP contribution in [-0.2, 0) is 13.1 Å². The lowest BCUT2D eigenvalue weighted by molar-refractivity contribution is -1.02. The lowest BCUT2D eigenvalue weighted by atomic mass is 10.1. The molecule has 4 heteroatoms. The van der Waals surface area contributed by atoms with E-state index in [9.17, 15) is 4.39 Å². The van der Waals surface area contributed by atoms with E-state index in [-0.39, 0.29) is 5.82 Å². The normalized spacial score (nSPS) is 21.7. The molecule has 0 aromatic heterocycles. The second kappa shape index (κ2) is 7.23. The van der Waals surface area contributed by atoms with E-state index in [2.05, 4.69) is 12.1 Å². The summed E-state index contributed by atoms with van der Waals surface area (Å²) in [6, 6.07) is 15.0. The Kier molecular flexibility index (Phi) is 5.08. The lowest BCUT2D eigenvalue weighted by Gasteiger charge is -2.29. The van der Waals surface area contributed by atoms with Crippen LogP contribution in [0.15, 0.2) is 48.5 Å². The van der Waals surface area contributed by atoms with Crippen LogP contribution in [0, 0.1) is 5.82 Å². The van der Waals surface area contributed by atoms with Crippen molar-refractivity contribution >= 4 is 11.6 Å². The van der Waals surface area contributed by atoms with Gasteiger partial charge in [0.1, 0.15) is 45.1 Å². The van der Waals surface area contributed by atoms with Crippen molar-refractivity contribution in [1.82, 2.24) is 0 Å². The van der Waals surface area contributed by atoms with Gasteiger partial charge in [-0.2, -0.15) is 0 Å². The van der Waals surface area contributed by atoms with Crippen LogP contribution in [0.3, 0.4) is 0 Å². The summed E-state index contributed by atoms with van der Waals surface area (Å²) in [6.07, 6.45) is 0. The van der Waals surface area contributed by atoms with Crippen molar-refractivity contribution in [3.8, 4) is 0 Å². The van der Waals surface area contributed by atoms with Crippen LogP contribution < -0.4 is 9.80 Å². The van der Waals surface area contributed by atoms with E-state index in [4.69, 9.17) is 11.6 Å². The molecule has 2 nitrogen and oxygen atoms in total. The van der Waals surface area contributed by atoms with Crippen LogP contribution in [0.1, 0.15) is 11.1 Å². The minimum atomic E-state index is -0.158. The van der Waals surface area contributed by atoms with Crippen LogP contribution in [0.2, 0.25) is 5.02 Å². The molecule has 2 N–H and O–H groups in total. The molecule has 0 aliphatic carbocycles. The Bertz CT molecular complexity index is 607. The molecule has 0 saturated carbocycles. The number of halogens is 2. The van der Waals surface area contributed by atoms with Crippen molar-refractivity contribution in [1.29, 1.82) is 0 Å². The van der Waals surface area contributed by atoms with Crippen LogP contribution in [-0.4, -0.2) is 26.2 Å². The van der Waals surface area contributed by atoms with E-state index < -0.39 is 0 Å². The molecule has 3 rings (SSSR count). The molecule has 1 aliphatic rings. The maximum Gasteiger partial charge on any atom is 0.127 e. The third kappa shape index (κ3) is 4.29. The van der Waals surface area contributed by atoms with Gasteiger partial charge in [0.2, 0.25) is 0 Å². The van der Waals surface area contributed by atoms with Crippen molar-refractivity contribution in [3.05, 3.63) is 70.5 Å². The molecule has 0 unspecified atom stereocenters. The summed E-state index contributed by atoms with van der Waals surface area (Å²) >= 11 is 6.05. The van der Waals surface area contributed by atoms with E-state index in [1.54, 1.807) is 21.9 Å². The van der Waals surface area contributed by atoms with Crippen molar-refractivity contribution < 1.29 is 14.2 Å². The molecule has 22 heavy (non-hydrogen) atoms. The quantitative estimate of drug-likeness (QED) is 0.830. The predicted octanol–water partition coefficient (Wildman–Crippen LogP) is 0.963. The molecule has 0 bridgehead atoms. The van der Waals surface area contributed by atoms with Gasteiger partial charge in [0, 0.05) is 16.1 Å². The Morgan fingerprint density at radius 1 is 0.818 bits per heavy atom. The van der Waals surface area contributed by atoms with Crippen molar-refractivity contribution in [2.24, 2.45) is 0 Å². The zero-order valence-electron chi connectivity index (χ0n) is 12.6. The first-order valence-corrected chi connectivity index (χ1v) is 8.23. The molecule has 1 saturated heterocycles. The summed E-state index contributed by atoms with van der Waals surface area (Å²) in [5.74, 6) is -0.158. The number of benzene rings is 2. The lowest BCUT2D eigenvalue weighted by Crippen LogP contribution is -3.27. The minimum absolute atomic E-state index is 0.158. The highest BCUT2D eigenvalue weighted by Crippen LogP contribution is 2.09. The van der Waals surface area contributed by atoms with Gasteiger partial charge in [-0.25, -0.2) is 4.39 Å². The number of nitrogens with one attached hydrogen (secondary N) is 2.